The average molecular weight is 425 g/mol. The van der Waals surface area contributed by atoms with Gasteiger partial charge in [0, 0.05) is 45.0 Å². The van der Waals surface area contributed by atoms with Gasteiger partial charge in [-0.2, -0.15) is 0 Å². The molecule has 8 heteroatoms. The fourth-order valence-electron chi connectivity index (χ4n) is 3.93. The highest BCUT2D eigenvalue weighted by Gasteiger charge is 2.33. The molecule has 1 aliphatic rings. The first-order chi connectivity index (χ1) is 15.1. The molecule has 0 radical (unpaired) electrons. The van der Waals surface area contributed by atoms with Crippen LogP contribution in [0.3, 0.4) is 0 Å². The first-order valence-electron chi connectivity index (χ1n) is 10.4. The Morgan fingerprint density at radius 2 is 1.94 bits per heavy atom. The predicted octanol–water partition coefficient (Wildman–Crippen LogP) is 3.88. The Kier molecular flexibility index (Phi) is 6.16. The number of hydrogen-bond donors (Lipinski definition) is 2. The van der Waals surface area contributed by atoms with Gasteiger partial charge in [0.05, 0.1) is 23.3 Å². The second kappa shape index (κ2) is 9.16. The lowest BCUT2D eigenvalue weighted by molar-refractivity contribution is 0.0980. The number of fused-ring (bicyclic) bond motifs is 1. The van der Waals surface area contributed by atoms with Crippen LogP contribution < -0.4 is 16.0 Å². The lowest BCUT2D eigenvalue weighted by Gasteiger charge is -2.32. The summed E-state index contributed by atoms with van der Waals surface area (Å²) in [6.07, 6.45) is 6.70. The predicted molar refractivity (Wildman–Crippen MR) is 117 cm³/mol. The maximum absolute atomic E-state index is 15.5. The third-order valence-electron chi connectivity index (χ3n) is 5.56. The molecule has 3 N–H and O–H groups in total. The Hall–Kier alpha value is -3.42. The molecular formula is C23H25F2N5O. The Balaban J connectivity index is 1.56. The fourth-order valence-corrected chi connectivity index (χ4v) is 3.93. The zero-order valence-electron chi connectivity index (χ0n) is 17.2. The normalized spacial score (nSPS) is 13.4. The van der Waals surface area contributed by atoms with Gasteiger partial charge in [-0.1, -0.05) is 30.3 Å². The van der Waals surface area contributed by atoms with Crippen LogP contribution in [0.15, 0.2) is 49.1 Å². The molecule has 0 unspecified atom stereocenters. The summed E-state index contributed by atoms with van der Waals surface area (Å²) < 4.78 is 32.3. The summed E-state index contributed by atoms with van der Waals surface area (Å²) in [5, 5.41) is 2.84. The van der Waals surface area contributed by atoms with Crippen molar-refractivity contribution < 1.29 is 13.6 Å². The van der Waals surface area contributed by atoms with E-state index in [1.807, 2.05) is 41.1 Å². The number of nitrogens with one attached hydrogen (secondary N) is 1. The van der Waals surface area contributed by atoms with Gasteiger partial charge in [0.25, 0.3) is 0 Å². The van der Waals surface area contributed by atoms with Gasteiger partial charge in [0.2, 0.25) is 0 Å². The monoisotopic (exact) mass is 425 g/mol. The molecule has 6 nitrogen and oxygen atoms in total. The number of carbonyl (C=O) groups is 1. The van der Waals surface area contributed by atoms with Crippen LogP contribution in [0.25, 0.3) is 0 Å². The number of anilines is 3. The summed E-state index contributed by atoms with van der Waals surface area (Å²) in [6, 6.07) is 9.83. The molecule has 0 fully saturated rings. The SMILES string of the molecule is Nc1c(F)c(NCCCn2ccnc2)c(F)c2c1C(=O)CCN2CCc1ccccc1. The number of nitrogens with zero attached hydrogens (tertiary/aromatic N) is 3. The topological polar surface area (TPSA) is 76.2 Å². The lowest BCUT2D eigenvalue weighted by atomic mass is 9.96. The van der Waals surface area contributed by atoms with Crippen molar-refractivity contribution in [3.63, 3.8) is 0 Å². The summed E-state index contributed by atoms with van der Waals surface area (Å²) in [4.78, 5) is 18.2. The summed E-state index contributed by atoms with van der Waals surface area (Å²) in [6.45, 7) is 1.90. The number of Topliss-reactive ketones (excluding diaryl/α,β-unsaturated/α-hetero) is 1. The molecule has 0 bridgehead atoms. The van der Waals surface area contributed by atoms with E-state index in [9.17, 15) is 9.18 Å². The minimum atomic E-state index is -0.905. The van der Waals surface area contributed by atoms with E-state index in [-0.39, 0.29) is 34.8 Å². The molecule has 0 saturated carbocycles. The molecule has 0 saturated heterocycles. The van der Waals surface area contributed by atoms with Gasteiger partial charge < -0.3 is 20.5 Å². The van der Waals surface area contributed by atoms with Gasteiger partial charge in [0.15, 0.2) is 17.4 Å². The molecule has 162 valence electrons. The van der Waals surface area contributed by atoms with Crippen LogP contribution in [-0.4, -0.2) is 35.0 Å². The maximum Gasteiger partial charge on any atom is 0.173 e. The summed E-state index contributed by atoms with van der Waals surface area (Å²) >= 11 is 0. The zero-order chi connectivity index (χ0) is 21.8. The Bertz CT molecular complexity index is 1050. The van der Waals surface area contributed by atoms with Crippen LogP contribution in [0.5, 0.6) is 0 Å². The summed E-state index contributed by atoms with van der Waals surface area (Å²) in [5.74, 6) is -1.99. The van der Waals surface area contributed by atoms with Gasteiger partial charge in [0.1, 0.15) is 5.69 Å². The zero-order valence-corrected chi connectivity index (χ0v) is 17.2. The van der Waals surface area contributed by atoms with Crippen LogP contribution in [0.4, 0.5) is 25.8 Å². The Labute approximate surface area is 179 Å². The van der Waals surface area contributed by atoms with Crippen LogP contribution in [0.2, 0.25) is 0 Å². The Morgan fingerprint density at radius 3 is 2.68 bits per heavy atom. The van der Waals surface area contributed by atoms with E-state index in [2.05, 4.69) is 10.3 Å². The first kappa shape index (κ1) is 20.8. The fraction of sp³-hybridized carbons (Fsp3) is 0.304. The quantitative estimate of drug-likeness (QED) is 0.423. The molecule has 0 atom stereocenters. The van der Waals surface area contributed by atoms with E-state index in [4.69, 9.17) is 5.73 Å². The molecule has 0 aliphatic carbocycles. The van der Waals surface area contributed by atoms with Crippen LogP contribution >= 0.6 is 0 Å². The number of nitrogens with two attached hydrogens (primary N) is 1. The third kappa shape index (κ3) is 4.38. The molecule has 0 spiro atoms. The number of aryl methyl sites for hydroxylation is 1. The summed E-state index contributed by atoms with van der Waals surface area (Å²) in [7, 11) is 0. The smallest absolute Gasteiger partial charge is 0.173 e. The van der Waals surface area contributed by atoms with E-state index < -0.39 is 11.6 Å². The molecule has 4 rings (SSSR count). The molecular weight excluding hydrogens is 400 g/mol. The maximum atomic E-state index is 15.5. The van der Waals surface area contributed by atoms with Gasteiger partial charge in [-0.05, 0) is 18.4 Å². The van der Waals surface area contributed by atoms with E-state index in [0.29, 0.717) is 39.0 Å². The first-order valence-corrected chi connectivity index (χ1v) is 10.4. The molecule has 0 amide bonds. The number of aromatic nitrogens is 2. The van der Waals surface area contributed by atoms with Crippen molar-refractivity contribution in [1.29, 1.82) is 0 Å². The van der Waals surface area contributed by atoms with E-state index in [0.717, 1.165) is 5.56 Å². The van der Waals surface area contributed by atoms with Crippen LogP contribution in [0, 0.1) is 11.6 Å². The molecule has 1 aromatic heterocycles. The Morgan fingerprint density at radius 1 is 1.13 bits per heavy atom. The van der Waals surface area contributed by atoms with Crippen molar-refractivity contribution in [3.05, 3.63) is 71.8 Å². The van der Waals surface area contributed by atoms with Crippen LogP contribution in [0.1, 0.15) is 28.8 Å². The van der Waals surface area contributed by atoms with Crippen molar-refractivity contribution in [2.45, 2.75) is 25.8 Å². The largest absolute Gasteiger partial charge is 0.396 e. The highest BCUT2D eigenvalue weighted by molar-refractivity contribution is 6.09. The van der Waals surface area contributed by atoms with Crippen molar-refractivity contribution in [2.24, 2.45) is 0 Å². The summed E-state index contributed by atoms with van der Waals surface area (Å²) in [5.41, 5.74) is 6.57. The molecule has 3 aromatic rings. The number of rotatable bonds is 8. The van der Waals surface area contributed by atoms with Gasteiger partial charge in [-0.3, -0.25) is 4.79 Å². The van der Waals surface area contributed by atoms with Gasteiger partial charge >= 0.3 is 0 Å². The number of benzene rings is 2. The lowest BCUT2D eigenvalue weighted by Crippen LogP contribution is -2.36. The minimum Gasteiger partial charge on any atom is -0.396 e. The number of imidazole rings is 1. The minimum absolute atomic E-state index is 0.0433. The standard InChI is InChI=1S/C23H25F2N5O/c24-19-21(26)18-17(31)8-13-30(12-7-16-5-2-1-3-6-16)23(18)20(25)22(19)28-9-4-11-29-14-10-27-15-29/h1-3,5-6,10,14-15,28H,4,7-9,11-13,26H2. The average Bonchev–Trinajstić information content (AvgIpc) is 3.30. The number of ketones is 1. The van der Waals surface area contributed by atoms with E-state index in [1.54, 1.807) is 17.4 Å². The van der Waals surface area contributed by atoms with Crippen LogP contribution in [-0.2, 0) is 13.0 Å². The highest BCUT2D eigenvalue weighted by Crippen LogP contribution is 2.40. The molecule has 1 aliphatic heterocycles. The van der Waals surface area contributed by atoms with Gasteiger partial charge in [-0.15, -0.1) is 0 Å². The van der Waals surface area contributed by atoms with Crippen molar-refractivity contribution in [3.8, 4) is 0 Å². The highest BCUT2D eigenvalue weighted by atomic mass is 19.1. The van der Waals surface area contributed by atoms with Crippen molar-refractivity contribution in [2.75, 3.05) is 35.6 Å². The van der Waals surface area contributed by atoms with Crippen molar-refractivity contribution in [1.82, 2.24) is 9.55 Å². The van der Waals surface area contributed by atoms with Crippen molar-refractivity contribution >= 4 is 22.8 Å². The van der Waals surface area contributed by atoms with Gasteiger partial charge in [-0.25, -0.2) is 13.8 Å². The number of nitrogen functional groups attached to an aromatic ring is 1. The number of hydrogen-bond acceptors (Lipinski definition) is 5. The second-order valence-corrected chi connectivity index (χ2v) is 7.62. The number of carbonyl (C=O) groups excluding carboxylic acids is 1. The molecule has 2 heterocycles. The molecule has 2 aromatic carbocycles. The third-order valence-corrected chi connectivity index (χ3v) is 5.56. The second-order valence-electron chi connectivity index (χ2n) is 7.62. The van der Waals surface area contributed by atoms with E-state index in [1.165, 1.54) is 0 Å². The van der Waals surface area contributed by atoms with E-state index >= 15 is 4.39 Å². The molecule has 31 heavy (non-hydrogen) atoms. The number of halogens is 2.